The van der Waals surface area contributed by atoms with E-state index < -0.39 is 12.1 Å². The first-order valence-electron chi connectivity index (χ1n) is 8.59. The van der Waals surface area contributed by atoms with Crippen LogP contribution in [0.25, 0.3) is 22.2 Å². The van der Waals surface area contributed by atoms with Crippen LogP contribution in [0.2, 0.25) is 0 Å². The number of carbonyl (C=O) groups is 1. The molecule has 1 aliphatic rings. The summed E-state index contributed by atoms with van der Waals surface area (Å²) in [6, 6.07) is 3.60. The van der Waals surface area contributed by atoms with Gasteiger partial charge < -0.3 is 25.1 Å². The smallest absolute Gasteiger partial charge is 0.231 e. The maximum Gasteiger partial charge on any atom is 0.231 e. The molecule has 10 heteroatoms. The van der Waals surface area contributed by atoms with Crippen LogP contribution in [0.1, 0.15) is 6.42 Å². The van der Waals surface area contributed by atoms with Crippen LogP contribution in [0.4, 0.5) is 16.2 Å². The summed E-state index contributed by atoms with van der Waals surface area (Å²) in [5.41, 5.74) is 7.78. The second-order valence-electron chi connectivity index (χ2n) is 6.54. The van der Waals surface area contributed by atoms with Gasteiger partial charge in [-0.25, -0.2) is 9.37 Å². The fourth-order valence-electron chi connectivity index (χ4n) is 3.15. The largest absolute Gasteiger partial charge is 0.480 e. The summed E-state index contributed by atoms with van der Waals surface area (Å²) >= 11 is 0. The second kappa shape index (κ2) is 6.63. The van der Waals surface area contributed by atoms with E-state index in [9.17, 15) is 9.18 Å². The van der Waals surface area contributed by atoms with E-state index in [1.807, 2.05) is 17.7 Å². The number of pyridine rings is 1. The molecule has 2 unspecified atom stereocenters. The number of aryl methyl sites for hydroxylation is 1. The molecule has 146 valence electrons. The first-order chi connectivity index (χ1) is 13.4. The number of alkyl halides is 1. The summed E-state index contributed by atoms with van der Waals surface area (Å²) in [6.07, 6.45) is 0.837. The SMILES string of the molecule is COc1nc(N)nc(OC)c1-c1cc2cc(NC(=O)C3CC3F)ncc2n1C. The zero-order valence-electron chi connectivity index (χ0n) is 15.6. The number of nitrogens with zero attached hydrogens (tertiary/aromatic N) is 4. The Hall–Kier alpha value is -3.43. The van der Waals surface area contributed by atoms with Gasteiger partial charge in [-0.1, -0.05) is 0 Å². The lowest BCUT2D eigenvalue weighted by molar-refractivity contribution is -0.117. The van der Waals surface area contributed by atoms with E-state index in [-0.39, 0.29) is 30.0 Å². The number of nitrogens with two attached hydrogens (primary N) is 1. The average Bonchev–Trinajstić information content (AvgIpc) is 3.33. The van der Waals surface area contributed by atoms with Crippen LogP contribution < -0.4 is 20.5 Å². The van der Waals surface area contributed by atoms with Crippen LogP contribution in [0, 0.1) is 5.92 Å². The van der Waals surface area contributed by atoms with Gasteiger partial charge in [0.1, 0.15) is 17.6 Å². The van der Waals surface area contributed by atoms with E-state index in [0.717, 1.165) is 16.6 Å². The lowest BCUT2D eigenvalue weighted by Gasteiger charge is -2.12. The molecule has 0 aromatic carbocycles. The lowest BCUT2D eigenvalue weighted by Crippen LogP contribution is -2.15. The van der Waals surface area contributed by atoms with Gasteiger partial charge >= 0.3 is 0 Å². The van der Waals surface area contributed by atoms with Crippen molar-refractivity contribution in [1.82, 2.24) is 19.5 Å². The number of anilines is 2. The van der Waals surface area contributed by atoms with Crippen LogP contribution >= 0.6 is 0 Å². The summed E-state index contributed by atoms with van der Waals surface area (Å²) in [7, 11) is 4.82. The monoisotopic (exact) mass is 386 g/mol. The Kier molecular flexibility index (Phi) is 4.25. The number of hydrogen-bond donors (Lipinski definition) is 2. The summed E-state index contributed by atoms with van der Waals surface area (Å²) in [5.74, 6) is 0.0179. The molecule has 4 rings (SSSR count). The molecule has 0 saturated heterocycles. The molecule has 3 heterocycles. The van der Waals surface area contributed by atoms with Gasteiger partial charge in [0.25, 0.3) is 0 Å². The van der Waals surface area contributed by atoms with Crippen LogP contribution in [-0.4, -0.2) is 45.8 Å². The predicted molar refractivity (Wildman–Crippen MR) is 101 cm³/mol. The van der Waals surface area contributed by atoms with E-state index in [4.69, 9.17) is 15.2 Å². The predicted octanol–water partition coefficient (Wildman–Crippen LogP) is 1.93. The zero-order chi connectivity index (χ0) is 20.0. The third-order valence-corrected chi connectivity index (χ3v) is 4.73. The van der Waals surface area contributed by atoms with Crippen molar-refractivity contribution in [3.63, 3.8) is 0 Å². The molecule has 9 nitrogen and oxygen atoms in total. The third-order valence-electron chi connectivity index (χ3n) is 4.73. The number of hydrogen-bond acceptors (Lipinski definition) is 7. The number of aromatic nitrogens is 4. The van der Waals surface area contributed by atoms with Crippen molar-refractivity contribution in [3.8, 4) is 23.0 Å². The Bertz CT molecular complexity index is 1060. The average molecular weight is 386 g/mol. The molecule has 28 heavy (non-hydrogen) atoms. The number of halogens is 1. The molecule has 0 spiro atoms. The van der Waals surface area contributed by atoms with Crippen LogP contribution in [0.5, 0.6) is 11.8 Å². The minimum absolute atomic E-state index is 0.0362. The Morgan fingerprint density at radius 2 is 1.93 bits per heavy atom. The highest BCUT2D eigenvalue weighted by molar-refractivity contribution is 5.96. The molecule has 3 N–H and O–H groups in total. The molecular formula is C18H19FN6O3. The summed E-state index contributed by atoms with van der Waals surface area (Å²) in [4.78, 5) is 24.5. The van der Waals surface area contributed by atoms with Crippen molar-refractivity contribution < 1.29 is 18.7 Å². The van der Waals surface area contributed by atoms with Crippen molar-refractivity contribution >= 4 is 28.6 Å². The number of ether oxygens (including phenoxy) is 2. The van der Waals surface area contributed by atoms with Crippen molar-refractivity contribution in [3.05, 3.63) is 18.3 Å². The summed E-state index contributed by atoms with van der Waals surface area (Å²) < 4.78 is 25.7. The van der Waals surface area contributed by atoms with Gasteiger partial charge in [0, 0.05) is 12.4 Å². The number of carbonyl (C=O) groups excluding carboxylic acids is 1. The topological polar surface area (TPSA) is 117 Å². The number of amides is 1. The normalized spacial score (nSPS) is 18.1. The number of nitrogen functional groups attached to an aromatic ring is 1. The van der Waals surface area contributed by atoms with Gasteiger partial charge in [0.05, 0.1) is 37.5 Å². The summed E-state index contributed by atoms with van der Waals surface area (Å²) in [5, 5.41) is 3.47. The maximum absolute atomic E-state index is 13.1. The van der Waals surface area contributed by atoms with E-state index >= 15 is 0 Å². The second-order valence-corrected chi connectivity index (χ2v) is 6.54. The Morgan fingerprint density at radius 3 is 2.50 bits per heavy atom. The quantitative estimate of drug-likeness (QED) is 0.688. The van der Waals surface area contributed by atoms with Crippen LogP contribution in [0.3, 0.4) is 0 Å². The van der Waals surface area contributed by atoms with Crippen LogP contribution in [0.15, 0.2) is 18.3 Å². The van der Waals surface area contributed by atoms with Gasteiger partial charge in [0.15, 0.2) is 0 Å². The minimum atomic E-state index is -1.06. The fourth-order valence-corrected chi connectivity index (χ4v) is 3.15. The molecule has 3 aromatic rings. The van der Waals surface area contributed by atoms with Gasteiger partial charge in [-0.3, -0.25) is 4.79 Å². The molecule has 2 atom stereocenters. The van der Waals surface area contributed by atoms with Gasteiger partial charge in [-0.15, -0.1) is 0 Å². The number of methoxy groups -OCH3 is 2. The highest BCUT2D eigenvalue weighted by Crippen LogP contribution is 2.39. The molecule has 3 aromatic heterocycles. The van der Waals surface area contributed by atoms with Gasteiger partial charge in [0.2, 0.25) is 23.6 Å². The molecular weight excluding hydrogens is 367 g/mol. The Morgan fingerprint density at radius 1 is 1.29 bits per heavy atom. The number of fused-ring (bicyclic) bond motifs is 1. The summed E-state index contributed by atoms with van der Waals surface area (Å²) in [6.45, 7) is 0. The molecule has 1 aliphatic carbocycles. The van der Waals surface area contributed by atoms with Crippen molar-refractivity contribution in [2.45, 2.75) is 12.6 Å². The van der Waals surface area contributed by atoms with Crippen LogP contribution in [-0.2, 0) is 11.8 Å². The number of nitrogens with one attached hydrogen (secondary N) is 1. The first-order valence-corrected chi connectivity index (χ1v) is 8.59. The highest BCUT2D eigenvalue weighted by Gasteiger charge is 2.43. The zero-order valence-corrected chi connectivity index (χ0v) is 15.6. The standard InChI is InChI=1S/C18H19FN6O3/c1-25-11(14-16(27-2)23-18(20)24-17(14)28-3)4-8-5-13(21-7-12(8)25)22-15(26)9-6-10(9)19/h4-5,7,9-10H,6H2,1-3H3,(H2,20,23,24)(H,21,22,26). The lowest BCUT2D eigenvalue weighted by atomic mass is 10.2. The molecule has 1 saturated carbocycles. The third kappa shape index (κ3) is 2.96. The minimum Gasteiger partial charge on any atom is -0.480 e. The Balaban J connectivity index is 1.77. The molecule has 0 aliphatic heterocycles. The molecule has 1 amide bonds. The number of rotatable bonds is 5. The van der Waals surface area contributed by atoms with Crippen molar-refractivity contribution in [2.24, 2.45) is 13.0 Å². The first kappa shape index (κ1) is 18.0. The van der Waals surface area contributed by atoms with Gasteiger partial charge in [-0.05, 0) is 18.6 Å². The molecule has 0 radical (unpaired) electrons. The van der Waals surface area contributed by atoms with E-state index in [2.05, 4.69) is 20.3 Å². The van der Waals surface area contributed by atoms with E-state index in [1.54, 1.807) is 12.3 Å². The maximum atomic E-state index is 13.1. The van der Waals surface area contributed by atoms with E-state index in [1.165, 1.54) is 14.2 Å². The van der Waals surface area contributed by atoms with Crippen molar-refractivity contribution in [2.75, 3.05) is 25.3 Å². The highest BCUT2D eigenvalue weighted by atomic mass is 19.1. The van der Waals surface area contributed by atoms with Crippen molar-refractivity contribution in [1.29, 1.82) is 0 Å². The Labute approximate surface area is 159 Å². The van der Waals surface area contributed by atoms with E-state index in [0.29, 0.717) is 11.4 Å². The fraction of sp³-hybridized carbons (Fsp3) is 0.333. The van der Waals surface area contributed by atoms with Gasteiger partial charge in [-0.2, -0.15) is 9.97 Å². The molecule has 0 bridgehead atoms. The molecule has 1 fully saturated rings.